The Kier molecular flexibility index (Phi) is 5.09. The average molecular weight is 298 g/mol. The van der Waals surface area contributed by atoms with E-state index in [2.05, 4.69) is 34.4 Å². The summed E-state index contributed by atoms with van der Waals surface area (Å²) in [7, 11) is 0. The molecular formula is C17H22N4O. The lowest BCUT2D eigenvalue weighted by Crippen LogP contribution is -2.17. The zero-order valence-corrected chi connectivity index (χ0v) is 13.5. The van der Waals surface area contributed by atoms with E-state index in [9.17, 15) is 4.79 Å². The molecule has 5 heteroatoms. The molecule has 22 heavy (non-hydrogen) atoms. The highest BCUT2D eigenvalue weighted by atomic mass is 16.1. The van der Waals surface area contributed by atoms with Crippen LogP contribution >= 0.6 is 0 Å². The van der Waals surface area contributed by atoms with Crippen molar-refractivity contribution < 1.29 is 4.79 Å². The predicted octanol–water partition coefficient (Wildman–Crippen LogP) is 3.56. The van der Waals surface area contributed by atoms with E-state index in [1.807, 2.05) is 32.0 Å². The van der Waals surface area contributed by atoms with Crippen LogP contribution in [0.3, 0.4) is 0 Å². The second kappa shape index (κ2) is 7.02. The number of carbonyl (C=O) groups excluding carboxylic acids is 1. The van der Waals surface area contributed by atoms with E-state index >= 15 is 0 Å². The zero-order valence-electron chi connectivity index (χ0n) is 13.5. The molecule has 1 amide bonds. The summed E-state index contributed by atoms with van der Waals surface area (Å²) < 4.78 is 0. The van der Waals surface area contributed by atoms with Crippen molar-refractivity contribution in [2.24, 2.45) is 0 Å². The summed E-state index contributed by atoms with van der Waals surface area (Å²) >= 11 is 0. The number of aryl methyl sites for hydroxylation is 2. The molecule has 0 aliphatic heterocycles. The van der Waals surface area contributed by atoms with Crippen LogP contribution in [0, 0.1) is 13.8 Å². The van der Waals surface area contributed by atoms with Gasteiger partial charge in [-0.15, -0.1) is 0 Å². The van der Waals surface area contributed by atoms with Gasteiger partial charge >= 0.3 is 0 Å². The lowest BCUT2D eigenvalue weighted by Gasteiger charge is -2.11. The van der Waals surface area contributed by atoms with Crippen LogP contribution in [0.5, 0.6) is 0 Å². The number of anilines is 2. The van der Waals surface area contributed by atoms with Gasteiger partial charge in [0.1, 0.15) is 11.5 Å². The number of rotatable bonds is 5. The number of nitrogens with one attached hydrogen (secondary N) is 2. The molecule has 0 aliphatic carbocycles. The Balaban J connectivity index is 2.04. The maximum Gasteiger partial charge on any atom is 0.275 e. The molecule has 0 spiro atoms. The maximum absolute atomic E-state index is 12.2. The second-order valence-corrected chi connectivity index (χ2v) is 5.49. The first-order chi connectivity index (χ1) is 10.5. The summed E-state index contributed by atoms with van der Waals surface area (Å²) in [6.45, 7) is 8.22. The van der Waals surface area contributed by atoms with Gasteiger partial charge in [0, 0.05) is 11.7 Å². The van der Waals surface area contributed by atoms with Gasteiger partial charge in [0.2, 0.25) is 0 Å². The molecule has 0 bridgehead atoms. The van der Waals surface area contributed by atoms with Crippen molar-refractivity contribution in [2.45, 2.75) is 40.2 Å². The largest absolute Gasteiger partial charge is 0.366 e. The molecule has 0 radical (unpaired) electrons. The SMILES string of the molecule is CCC(C)Nc1cnc(C(=O)Nc2ccc(C)c(C)c2)cn1. The molecule has 0 aliphatic rings. The monoisotopic (exact) mass is 298 g/mol. The third-order valence-corrected chi connectivity index (χ3v) is 3.66. The van der Waals surface area contributed by atoms with E-state index in [0.717, 1.165) is 17.7 Å². The highest BCUT2D eigenvalue weighted by Crippen LogP contribution is 2.15. The maximum atomic E-state index is 12.2. The zero-order chi connectivity index (χ0) is 16.1. The minimum atomic E-state index is -0.258. The van der Waals surface area contributed by atoms with Gasteiger partial charge < -0.3 is 10.6 Å². The van der Waals surface area contributed by atoms with Crippen molar-refractivity contribution in [2.75, 3.05) is 10.6 Å². The number of amides is 1. The molecule has 0 saturated heterocycles. The number of benzene rings is 1. The molecule has 1 unspecified atom stereocenters. The van der Waals surface area contributed by atoms with Crippen molar-refractivity contribution >= 4 is 17.4 Å². The first-order valence-corrected chi connectivity index (χ1v) is 7.46. The molecule has 0 saturated carbocycles. The minimum Gasteiger partial charge on any atom is -0.366 e. The first kappa shape index (κ1) is 15.9. The molecule has 1 aromatic carbocycles. The molecular weight excluding hydrogens is 276 g/mol. The summed E-state index contributed by atoms with van der Waals surface area (Å²) in [6.07, 6.45) is 4.07. The molecule has 116 valence electrons. The highest BCUT2D eigenvalue weighted by molar-refractivity contribution is 6.02. The van der Waals surface area contributed by atoms with E-state index in [1.54, 1.807) is 6.20 Å². The summed E-state index contributed by atoms with van der Waals surface area (Å²) in [5.74, 6) is 0.419. The van der Waals surface area contributed by atoms with E-state index in [4.69, 9.17) is 0 Å². The quantitative estimate of drug-likeness (QED) is 0.885. The molecule has 1 aromatic heterocycles. The fourth-order valence-corrected chi connectivity index (χ4v) is 1.89. The van der Waals surface area contributed by atoms with Crippen LogP contribution in [0.25, 0.3) is 0 Å². The smallest absolute Gasteiger partial charge is 0.275 e. The van der Waals surface area contributed by atoms with Crippen LogP contribution in [0.1, 0.15) is 41.9 Å². The molecule has 2 N–H and O–H groups in total. The molecule has 0 fully saturated rings. The van der Waals surface area contributed by atoms with E-state index in [1.165, 1.54) is 11.8 Å². The van der Waals surface area contributed by atoms with E-state index < -0.39 is 0 Å². The van der Waals surface area contributed by atoms with Crippen LogP contribution in [0.4, 0.5) is 11.5 Å². The first-order valence-electron chi connectivity index (χ1n) is 7.46. The summed E-state index contributed by atoms with van der Waals surface area (Å²) in [6, 6.07) is 6.13. The Morgan fingerprint density at radius 1 is 1.18 bits per heavy atom. The van der Waals surface area contributed by atoms with Crippen molar-refractivity contribution in [3.8, 4) is 0 Å². The fraction of sp³-hybridized carbons (Fsp3) is 0.353. The van der Waals surface area contributed by atoms with Gasteiger partial charge in [0.05, 0.1) is 12.4 Å². The van der Waals surface area contributed by atoms with Crippen LogP contribution in [0.2, 0.25) is 0 Å². The summed E-state index contributed by atoms with van der Waals surface area (Å²) in [5, 5.41) is 6.05. The van der Waals surface area contributed by atoms with Crippen LogP contribution in [-0.2, 0) is 0 Å². The Morgan fingerprint density at radius 2 is 1.95 bits per heavy atom. The number of hydrogen-bond donors (Lipinski definition) is 2. The Hall–Kier alpha value is -2.43. The van der Waals surface area contributed by atoms with Crippen molar-refractivity contribution in [3.63, 3.8) is 0 Å². The average Bonchev–Trinajstić information content (AvgIpc) is 2.51. The number of hydrogen-bond acceptors (Lipinski definition) is 4. The Bertz CT molecular complexity index is 652. The normalized spacial score (nSPS) is 11.8. The molecule has 1 heterocycles. The van der Waals surface area contributed by atoms with Gasteiger partial charge in [0.15, 0.2) is 0 Å². The second-order valence-electron chi connectivity index (χ2n) is 5.49. The van der Waals surface area contributed by atoms with Crippen molar-refractivity contribution in [1.82, 2.24) is 9.97 Å². The highest BCUT2D eigenvalue weighted by Gasteiger charge is 2.09. The van der Waals surface area contributed by atoms with Gasteiger partial charge in [-0.2, -0.15) is 0 Å². The van der Waals surface area contributed by atoms with Gasteiger partial charge in [-0.1, -0.05) is 13.0 Å². The van der Waals surface area contributed by atoms with Crippen molar-refractivity contribution in [3.05, 3.63) is 47.4 Å². The molecule has 2 aromatic rings. The third-order valence-electron chi connectivity index (χ3n) is 3.66. The van der Waals surface area contributed by atoms with Gasteiger partial charge in [0.25, 0.3) is 5.91 Å². The molecule has 2 rings (SSSR count). The van der Waals surface area contributed by atoms with Crippen LogP contribution < -0.4 is 10.6 Å². The van der Waals surface area contributed by atoms with Gasteiger partial charge in [-0.3, -0.25) is 4.79 Å². The summed E-state index contributed by atoms with van der Waals surface area (Å²) in [5.41, 5.74) is 3.39. The minimum absolute atomic E-state index is 0.258. The van der Waals surface area contributed by atoms with Gasteiger partial charge in [-0.05, 0) is 50.5 Å². The topological polar surface area (TPSA) is 66.9 Å². The number of nitrogens with zero attached hydrogens (tertiary/aromatic N) is 2. The summed E-state index contributed by atoms with van der Waals surface area (Å²) in [4.78, 5) is 20.6. The number of carbonyl (C=O) groups is 1. The third kappa shape index (κ3) is 4.04. The van der Waals surface area contributed by atoms with E-state index in [0.29, 0.717) is 17.6 Å². The standard InChI is InChI=1S/C17H22N4O/c1-5-13(4)20-16-10-18-15(9-19-16)17(22)21-14-7-6-11(2)12(3)8-14/h6-10,13H,5H2,1-4H3,(H,19,20)(H,21,22). The Morgan fingerprint density at radius 3 is 2.55 bits per heavy atom. The lowest BCUT2D eigenvalue weighted by atomic mass is 10.1. The molecule has 1 atom stereocenters. The number of aromatic nitrogens is 2. The fourth-order valence-electron chi connectivity index (χ4n) is 1.89. The molecule has 5 nitrogen and oxygen atoms in total. The van der Waals surface area contributed by atoms with Crippen LogP contribution in [-0.4, -0.2) is 21.9 Å². The predicted molar refractivity (Wildman–Crippen MR) is 89.3 cm³/mol. The van der Waals surface area contributed by atoms with E-state index in [-0.39, 0.29) is 5.91 Å². The van der Waals surface area contributed by atoms with Gasteiger partial charge in [-0.25, -0.2) is 9.97 Å². The Labute approximate surface area is 131 Å². The van der Waals surface area contributed by atoms with Crippen LogP contribution in [0.15, 0.2) is 30.6 Å². The van der Waals surface area contributed by atoms with Crippen molar-refractivity contribution in [1.29, 1.82) is 0 Å². The lowest BCUT2D eigenvalue weighted by molar-refractivity contribution is 0.102.